The molecule has 134 valence electrons. The molecule has 0 aliphatic heterocycles. The highest BCUT2D eigenvalue weighted by molar-refractivity contribution is 6.31. The Morgan fingerprint density at radius 2 is 1.88 bits per heavy atom. The predicted molar refractivity (Wildman–Crippen MR) is 104 cm³/mol. The number of carbonyl (C=O) groups is 1. The third kappa shape index (κ3) is 4.52. The summed E-state index contributed by atoms with van der Waals surface area (Å²) in [5.74, 6) is 0.0342. The molecule has 1 aromatic heterocycles. The van der Waals surface area contributed by atoms with E-state index in [1.165, 1.54) is 0 Å². The van der Waals surface area contributed by atoms with Crippen molar-refractivity contribution >= 4 is 17.5 Å². The zero-order valence-electron chi connectivity index (χ0n) is 14.8. The van der Waals surface area contributed by atoms with Gasteiger partial charge in [-0.05, 0) is 17.2 Å². The minimum Gasteiger partial charge on any atom is -0.344 e. The van der Waals surface area contributed by atoms with Crippen LogP contribution in [0.15, 0.2) is 73.3 Å². The zero-order chi connectivity index (χ0) is 18.4. The van der Waals surface area contributed by atoms with Crippen molar-refractivity contribution in [3.63, 3.8) is 0 Å². The molecule has 0 N–H and O–H groups in total. The summed E-state index contributed by atoms with van der Waals surface area (Å²) >= 11 is 6.43. The average molecular weight is 368 g/mol. The van der Waals surface area contributed by atoms with Crippen LogP contribution in [0.5, 0.6) is 0 Å². The largest absolute Gasteiger partial charge is 0.344 e. The Morgan fingerprint density at radius 3 is 2.58 bits per heavy atom. The number of imidazole rings is 1. The van der Waals surface area contributed by atoms with Crippen molar-refractivity contribution in [1.82, 2.24) is 14.5 Å². The average Bonchev–Trinajstić information content (AvgIpc) is 3.19. The number of rotatable bonds is 7. The zero-order valence-corrected chi connectivity index (χ0v) is 15.5. The fourth-order valence-electron chi connectivity index (χ4n) is 2.99. The van der Waals surface area contributed by atoms with Gasteiger partial charge in [0.15, 0.2) is 0 Å². The Kier molecular flexibility index (Phi) is 6.08. The molecule has 0 aliphatic rings. The number of halogens is 1. The van der Waals surface area contributed by atoms with Crippen LogP contribution in [-0.4, -0.2) is 34.0 Å². The molecule has 4 nitrogen and oxygen atoms in total. The highest BCUT2D eigenvalue weighted by atomic mass is 35.5. The number of nitrogens with zero attached hydrogens (tertiary/aromatic N) is 3. The second kappa shape index (κ2) is 8.68. The van der Waals surface area contributed by atoms with E-state index in [9.17, 15) is 4.79 Å². The molecule has 3 aromatic rings. The van der Waals surface area contributed by atoms with Crippen molar-refractivity contribution in [3.8, 4) is 0 Å². The van der Waals surface area contributed by atoms with Crippen LogP contribution >= 0.6 is 11.6 Å². The van der Waals surface area contributed by atoms with E-state index in [1.54, 1.807) is 17.4 Å². The lowest BCUT2D eigenvalue weighted by Crippen LogP contribution is -2.31. The Balaban J connectivity index is 1.75. The number of hydrogen-bond acceptors (Lipinski definition) is 2. The molecular formula is C21H22ClN3O. The molecule has 1 amide bonds. The minimum atomic E-state index is -0.0619. The van der Waals surface area contributed by atoms with Crippen LogP contribution < -0.4 is 0 Å². The maximum absolute atomic E-state index is 12.8. The van der Waals surface area contributed by atoms with Crippen LogP contribution in [0.1, 0.15) is 23.5 Å². The summed E-state index contributed by atoms with van der Waals surface area (Å²) in [5.41, 5.74) is 2.08. The number of hydrogen-bond donors (Lipinski definition) is 0. The van der Waals surface area contributed by atoms with Crippen LogP contribution in [0, 0.1) is 0 Å². The Hall–Kier alpha value is -2.59. The lowest BCUT2D eigenvalue weighted by molar-refractivity contribution is -0.130. The van der Waals surface area contributed by atoms with Crippen molar-refractivity contribution in [3.05, 3.63) is 89.5 Å². The molecule has 0 aliphatic carbocycles. The Labute approximate surface area is 159 Å². The maximum Gasteiger partial charge on any atom is 0.223 e. The van der Waals surface area contributed by atoms with E-state index in [-0.39, 0.29) is 11.8 Å². The first-order chi connectivity index (χ1) is 12.6. The van der Waals surface area contributed by atoms with E-state index < -0.39 is 0 Å². The topological polar surface area (TPSA) is 38.1 Å². The first kappa shape index (κ1) is 18.2. The highest BCUT2D eigenvalue weighted by Gasteiger charge is 2.22. The normalized spacial score (nSPS) is 11.9. The number of carbonyl (C=O) groups excluding carboxylic acids is 1. The van der Waals surface area contributed by atoms with E-state index in [0.717, 1.165) is 17.7 Å². The van der Waals surface area contributed by atoms with Crippen molar-refractivity contribution in [2.45, 2.75) is 18.9 Å². The van der Waals surface area contributed by atoms with Crippen LogP contribution in [0.2, 0.25) is 5.02 Å². The van der Waals surface area contributed by atoms with Crippen LogP contribution in [0.25, 0.3) is 0 Å². The molecule has 1 heterocycles. The molecule has 1 unspecified atom stereocenters. The van der Waals surface area contributed by atoms with Gasteiger partial charge in [0.25, 0.3) is 0 Å². The molecule has 0 fully saturated rings. The first-order valence-electron chi connectivity index (χ1n) is 8.64. The third-order valence-corrected chi connectivity index (χ3v) is 4.88. The summed E-state index contributed by atoms with van der Waals surface area (Å²) in [5, 5.41) is 0.690. The third-order valence-electron chi connectivity index (χ3n) is 4.54. The molecule has 0 saturated heterocycles. The summed E-state index contributed by atoms with van der Waals surface area (Å²) in [6.45, 7) is 1.36. The molecule has 1 atom stereocenters. The molecule has 0 radical (unpaired) electrons. The fraction of sp³-hybridized carbons (Fsp3) is 0.238. The summed E-state index contributed by atoms with van der Waals surface area (Å²) in [4.78, 5) is 18.6. The van der Waals surface area contributed by atoms with Crippen LogP contribution in [0.3, 0.4) is 0 Å². The van der Waals surface area contributed by atoms with Gasteiger partial charge >= 0.3 is 0 Å². The summed E-state index contributed by atoms with van der Waals surface area (Å²) < 4.78 is 1.96. The van der Waals surface area contributed by atoms with E-state index >= 15 is 0 Å². The Bertz CT molecular complexity index is 833. The monoisotopic (exact) mass is 367 g/mol. The lowest BCUT2D eigenvalue weighted by atomic mass is 9.88. The van der Waals surface area contributed by atoms with Crippen LogP contribution in [0.4, 0.5) is 0 Å². The molecule has 2 aromatic carbocycles. The lowest BCUT2D eigenvalue weighted by Gasteiger charge is -2.23. The highest BCUT2D eigenvalue weighted by Crippen LogP contribution is 2.33. The van der Waals surface area contributed by atoms with Crippen molar-refractivity contribution in [2.75, 3.05) is 13.6 Å². The summed E-state index contributed by atoms with van der Waals surface area (Å²) in [6.07, 6.45) is 5.78. The SMILES string of the molecule is CN(CCn1ccnc1)C(=O)CC(c1ccccc1)c1ccccc1Cl. The number of amides is 1. The van der Waals surface area contributed by atoms with Crippen molar-refractivity contribution in [2.24, 2.45) is 0 Å². The van der Waals surface area contributed by atoms with Gasteiger partial charge in [0.2, 0.25) is 5.91 Å². The van der Waals surface area contributed by atoms with Crippen molar-refractivity contribution in [1.29, 1.82) is 0 Å². The van der Waals surface area contributed by atoms with E-state index in [4.69, 9.17) is 11.6 Å². The summed E-state index contributed by atoms with van der Waals surface area (Å²) in [6, 6.07) is 17.8. The molecule has 0 bridgehead atoms. The fourth-order valence-corrected chi connectivity index (χ4v) is 3.26. The quantitative estimate of drug-likeness (QED) is 0.627. The predicted octanol–water partition coefficient (Wildman–Crippen LogP) is 4.22. The van der Waals surface area contributed by atoms with Crippen LogP contribution in [-0.2, 0) is 11.3 Å². The van der Waals surface area contributed by atoms with Gasteiger partial charge in [-0.15, -0.1) is 0 Å². The summed E-state index contributed by atoms with van der Waals surface area (Å²) in [7, 11) is 1.84. The van der Waals surface area contributed by atoms with E-state index in [1.807, 2.05) is 72.4 Å². The van der Waals surface area contributed by atoms with Gasteiger partial charge in [-0.25, -0.2) is 4.98 Å². The van der Waals surface area contributed by atoms with Gasteiger partial charge in [-0.3, -0.25) is 4.79 Å². The maximum atomic E-state index is 12.8. The molecule has 0 spiro atoms. The second-order valence-electron chi connectivity index (χ2n) is 6.30. The van der Waals surface area contributed by atoms with E-state index in [2.05, 4.69) is 4.98 Å². The Morgan fingerprint density at radius 1 is 1.15 bits per heavy atom. The molecular weight excluding hydrogens is 346 g/mol. The second-order valence-corrected chi connectivity index (χ2v) is 6.71. The van der Waals surface area contributed by atoms with Gasteiger partial charge in [0.1, 0.15) is 0 Å². The van der Waals surface area contributed by atoms with Gasteiger partial charge in [-0.1, -0.05) is 60.1 Å². The standard InChI is InChI=1S/C21H22ClN3O/c1-24(13-14-25-12-11-23-16-25)21(26)15-19(17-7-3-2-4-8-17)18-9-5-6-10-20(18)22/h2-12,16,19H,13-15H2,1H3. The molecule has 26 heavy (non-hydrogen) atoms. The van der Waals surface area contributed by atoms with Gasteiger partial charge in [0, 0.05) is 49.9 Å². The number of benzene rings is 2. The van der Waals surface area contributed by atoms with Gasteiger partial charge < -0.3 is 9.47 Å². The number of likely N-dealkylation sites (N-methyl/N-ethyl adjacent to an activating group) is 1. The molecule has 5 heteroatoms. The van der Waals surface area contributed by atoms with Gasteiger partial charge in [-0.2, -0.15) is 0 Å². The van der Waals surface area contributed by atoms with Crippen molar-refractivity contribution < 1.29 is 4.79 Å². The molecule has 0 saturated carbocycles. The smallest absolute Gasteiger partial charge is 0.223 e. The van der Waals surface area contributed by atoms with Gasteiger partial charge in [0.05, 0.1) is 6.33 Å². The molecule has 3 rings (SSSR count). The minimum absolute atomic E-state index is 0.0619. The number of aromatic nitrogens is 2. The van der Waals surface area contributed by atoms with E-state index in [0.29, 0.717) is 18.0 Å². The first-order valence-corrected chi connectivity index (χ1v) is 9.02.